The highest BCUT2D eigenvalue weighted by Crippen LogP contribution is 2.25. The molecule has 0 unspecified atom stereocenters. The Bertz CT molecular complexity index is 408. The van der Waals surface area contributed by atoms with Gasteiger partial charge < -0.3 is 20.6 Å². The Labute approximate surface area is 109 Å². The third-order valence-corrected chi connectivity index (χ3v) is 2.75. The fraction of sp³-hybridized carbons (Fsp3) is 0.364. The normalized spacial score (nSPS) is 11.9. The summed E-state index contributed by atoms with van der Waals surface area (Å²) in [4.78, 5) is 2.04. The molecule has 0 aliphatic heterocycles. The maximum atomic E-state index is 8.56. The molecule has 0 radical (unpaired) electrons. The summed E-state index contributed by atoms with van der Waals surface area (Å²) < 4.78 is 6.36. The molecule has 94 valence electrons. The average Bonchev–Trinajstić information content (AvgIpc) is 2.29. The van der Waals surface area contributed by atoms with Crippen LogP contribution in [0.3, 0.4) is 0 Å². The van der Waals surface area contributed by atoms with Crippen LogP contribution in [0.25, 0.3) is 0 Å². The standard InChI is InChI=1S/C11H16BrN3O2/c1-15(2)5-6-17-10-4-3-8(7-9(10)12)11(13)14-16/h3-4,7,16H,5-6H2,1-2H3,(H2,13,14). The Balaban J connectivity index is 2.70. The number of halogens is 1. The number of oxime groups is 1. The van der Waals surface area contributed by atoms with E-state index in [9.17, 15) is 0 Å². The van der Waals surface area contributed by atoms with Crippen molar-refractivity contribution in [2.75, 3.05) is 27.2 Å². The van der Waals surface area contributed by atoms with Crippen LogP contribution in [-0.4, -0.2) is 43.2 Å². The molecule has 0 heterocycles. The molecule has 0 aromatic heterocycles. The van der Waals surface area contributed by atoms with Crippen molar-refractivity contribution >= 4 is 21.8 Å². The molecule has 0 amide bonds. The zero-order chi connectivity index (χ0) is 12.8. The minimum atomic E-state index is 0.0746. The fourth-order valence-electron chi connectivity index (χ4n) is 1.17. The molecule has 0 atom stereocenters. The van der Waals surface area contributed by atoms with Gasteiger partial charge in [0.15, 0.2) is 5.84 Å². The number of benzene rings is 1. The summed E-state index contributed by atoms with van der Waals surface area (Å²) in [5, 5.41) is 11.5. The minimum absolute atomic E-state index is 0.0746. The van der Waals surface area contributed by atoms with Gasteiger partial charge in [0, 0.05) is 12.1 Å². The van der Waals surface area contributed by atoms with Crippen molar-refractivity contribution in [1.29, 1.82) is 0 Å². The van der Waals surface area contributed by atoms with E-state index < -0.39 is 0 Å². The molecular weight excluding hydrogens is 286 g/mol. The molecule has 0 aliphatic rings. The molecule has 0 bridgehead atoms. The Morgan fingerprint density at radius 2 is 2.24 bits per heavy atom. The summed E-state index contributed by atoms with van der Waals surface area (Å²) >= 11 is 3.38. The van der Waals surface area contributed by atoms with Gasteiger partial charge in [0.05, 0.1) is 4.47 Å². The molecule has 1 aromatic carbocycles. The third-order valence-electron chi connectivity index (χ3n) is 2.13. The first kappa shape index (κ1) is 13.8. The van der Waals surface area contributed by atoms with Crippen LogP contribution in [0.15, 0.2) is 27.8 Å². The van der Waals surface area contributed by atoms with E-state index in [1.807, 2.05) is 19.0 Å². The van der Waals surface area contributed by atoms with Crippen LogP contribution < -0.4 is 10.5 Å². The molecule has 1 aromatic rings. The zero-order valence-corrected chi connectivity index (χ0v) is 11.4. The van der Waals surface area contributed by atoms with Crippen LogP contribution in [-0.2, 0) is 0 Å². The van der Waals surface area contributed by atoms with Crippen molar-refractivity contribution in [2.45, 2.75) is 0 Å². The second kappa shape index (κ2) is 6.46. The number of amidine groups is 1. The average molecular weight is 302 g/mol. The topological polar surface area (TPSA) is 71.1 Å². The van der Waals surface area contributed by atoms with Crippen molar-refractivity contribution in [3.8, 4) is 5.75 Å². The summed E-state index contributed by atoms with van der Waals surface area (Å²) in [6.45, 7) is 1.45. The second-order valence-electron chi connectivity index (χ2n) is 3.78. The first-order valence-corrected chi connectivity index (χ1v) is 5.89. The molecule has 1 rings (SSSR count). The van der Waals surface area contributed by atoms with Crippen LogP contribution in [0.1, 0.15) is 5.56 Å². The van der Waals surface area contributed by atoms with Crippen molar-refractivity contribution in [2.24, 2.45) is 10.9 Å². The number of hydrogen-bond donors (Lipinski definition) is 2. The van der Waals surface area contributed by atoms with Crippen LogP contribution in [0.4, 0.5) is 0 Å². The van der Waals surface area contributed by atoms with E-state index in [1.54, 1.807) is 18.2 Å². The molecule has 5 nitrogen and oxygen atoms in total. The lowest BCUT2D eigenvalue weighted by atomic mass is 10.2. The largest absolute Gasteiger partial charge is 0.491 e. The van der Waals surface area contributed by atoms with Crippen LogP contribution in [0, 0.1) is 0 Å². The molecule has 0 fully saturated rings. The number of likely N-dealkylation sites (N-methyl/N-ethyl adjacent to an activating group) is 1. The minimum Gasteiger partial charge on any atom is -0.491 e. The summed E-state index contributed by atoms with van der Waals surface area (Å²) in [5.41, 5.74) is 6.12. The summed E-state index contributed by atoms with van der Waals surface area (Å²) in [6.07, 6.45) is 0. The maximum Gasteiger partial charge on any atom is 0.170 e. The van der Waals surface area contributed by atoms with Crippen LogP contribution >= 0.6 is 15.9 Å². The van der Waals surface area contributed by atoms with Gasteiger partial charge in [-0.15, -0.1) is 0 Å². The predicted molar refractivity (Wildman–Crippen MR) is 70.7 cm³/mol. The van der Waals surface area contributed by atoms with E-state index >= 15 is 0 Å². The highest BCUT2D eigenvalue weighted by atomic mass is 79.9. The van der Waals surface area contributed by atoms with Gasteiger partial charge in [-0.25, -0.2) is 0 Å². The second-order valence-corrected chi connectivity index (χ2v) is 4.64. The number of hydrogen-bond acceptors (Lipinski definition) is 4. The quantitative estimate of drug-likeness (QED) is 0.374. The molecule has 0 saturated carbocycles. The lowest BCUT2D eigenvalue weighted by molar-refractivity contribution is 0.260. The Kier molecular flexibility index (Phi) is 5.24. The number of nitrogens with two attached hydrogens (primary N) is 1. The maximum absolute atomic E-state index is 8.56. The van der Waals surface area contributed by atoms with E-state index in [2.05, 4.69) is 21.1 Å². The molecule has 3 N–H and O–H groups in total. The van der Waals surface area contributed by atoms with E-state index in [0.717, 1.165) is 16.8 Å². The van der Waals surface area contributed by atoms with Gasteiger partial charge in [-0.05, 0) is 48.2 Å². The van der Waals surface area contributed by atoms with Gasteiger partial charge in [-0.1, -0.05) is 5.16 Å². The molecule has 6 heteroatoms. The van der Waals surface area contributed by atoms with E-state index in [4.69, 9.17) is 15.7 Å². The number of rotatable bonds is 5. The summed E-state index contributed by atoms with van der Waals surface area (Å²) in [5.74, 6) is 0.812. The van der Waals surface area contributed by atoms with E-state index in [-0.39, 0.29) is 5.84 Å². The number of ether oxygens (including phenoxy) is 1. The Hall–Kier alpha value is -1.27. The predicted octanol–water partition coefficient (Wildman–Crippen LogP) is 1.48. The van der Waals surface area contributed by atoms with Crippen LogP contribution in [0.2, 0.25) is 0 Å². The number of nitrogens with zero attached hydrogens (tertiary/aromatic N) is 2. The van der Waals surface area contributed by atoms with Crippen molar-refractivity contribution in [3.05, 3.63) is 28.2 Å². The van der Waals surface area contributed by atoms with Gasteiger partial charge in [-0.2, -0.15) is 0 Å². The van der Waals surface area contributed by atoms with Crippen molar-refractivity contribution in [1.82, 2.24) is 4.90 Å². The SMILES string of the molecule is CN(C)CCOc1ccc(/C(N)=N/O)cc1Br. The molecule has 17 heavy (non-hydrogen) atoms. The van der Waals surface area contributed by atoms with Gasteiger partial charge in [-0.3, -0.25) is 0 Å². The molecule has 0 aliphatic carbocycles. The van der Waals surface area contributed by atoms with Gasteiger partial charge in [0.2, 0.25) is 0 Å². The van der Waals surface area contributed by atoms with Gasteiger partial charge in [0.1, 0.15) is 12.4 Å². The fourth-order valence-corrected chi connectivity index (χ4v) is 1.67. The Morgan fingerprint density at radius 3 is 2.76 bits per heavy atom. The van der Waals surface area contributed by atoms with Gasteiger partial charge >= 0.3 is 0 Å². The summed E-state index contributed by atoms with van der Waals surface area (Å²) in [6, 6.07) is 5.28. The third kappa shape index (κ3) is 4.24. The van der Waals surface area contributed by atoms with E-state index in [1.165, 1.54) is 0 Å². The van der Waals surface area contributed by atoms with Crippen LogP contribution in [0.5, 0.6) is 5.75 Å². The zero-order valence-electron chi connectivity index (χ0n) is 9.85. The smallest absolute Gasteiger partial charge is 0.170 e. The van der Waals surface area contributed by atoms with Crippen molar-refractivity contribution in [3.63, 3.8) is 0 Å². The molecular formula is C11H16BrN3O2. The van der Waals surface area contributed by atoms with E-state index in [0.29, 0.717) is 12.2 Å². The highest BCUT2D eigenvalue weighted by Gasteiger charge is 2.05. The lowest BCUT2D eigenvalue weighted by Crippen LogP contribution is -2.19. The highest BCUT2D eigenvalue weighted by molar-refractivity contribution is 9.10. The lowest BCUT2D eigenvalue weighted by Gasteiger charge is -2.12. The van der Waals surface area contributed by atoms with Crippen molar-refractivity contribution < 1.29 is 9.94 Å². The monoisotopic (exact) mass is 301 g/mol. The first-order valence-electron chi connectivity index (χ1n) is 5.09. The summed E-state index contributed by atoms with van der Waals surface area (Å²) in [7, 11) is 3.97. The van der Waals surface area contributed by atoms with Gasteiger partial charge in [0.25, 0.3) is 0 Å². The molecule has 0 spiro atoms. The first-order chi connectivity index (χ1) is 8.04. The molecule has 0 saturated heterocycles. The Morgan fingerprint density at radius 1 is 1.53 bits per heavy atom.